The zero-order chi connectivity index (χ0) is 10.4. The summed E-state index contributed by atoms with van der Waals surface area (Å²) in [6.07, 6.45) is 6.31. The third-order valence-corrected chi connectivity index (χ3v) is 2.43. The van der Waals surface area contributed by atoms with Gasteiger partial charge in [0, 0.05) is 6.08 Å². The predicted octanol–water partition coefficient (Wildman–Crippen LogP) is 2.06. The Kier molecular flexibility index (Phi) is 4.42. The summed E-state index contributed by atoms with van der Waals surface area (Å²) in [6.45, 7) is 0. The number of hydrogen-bond donors (Lipinski definition) is 1. The average molecular weight is 227 g/mol. The highest BCUT2D eigenvalue weighted by molar-refractivity contribution is 8.22. The lowest BCUT2D eigenvalue weighted by atomic mass is 10.4. The molecule has 74 valence electrons. The summed E-state index contributed by atoms with van der Waals surface area (Å²) in [5.41, 5.74) is 0. The van der Waals surface area contributed by atoms with Crippen LogP contribution < -0.4 is 5.32 Å². The van der Waals surface area contributed by atoms with E-state index in [1.165, 1.54) is 17.8 Å². The molecule has 1 aromatic rings. The van der Waals surface area contributed by atoms with Crippen LogP contribution in [0.15, 0.2) is 28.9 Å². The topological polar surface area (TPSA) is 42.2 Å². The standard InChI is InChI=1S/C9H9NO2S2/c1-14-9(13)10-8(11)5-4-7-3-2-6-12-7/h2-6H,1H3,(H,10,11,13)/b5-4+. The van der Waals surface area contributed by atoms with E-state index < -0.39 is 0 Å². The van der Waals surface area contributed by atoms with Crippen molar-refractivity contribution in [1.82, 2.24) is 5.32 Å². The molecule has 0 fully saturated rings. The molecule has 0 bridgehead atoms. The fourth-order valence-corrected chi connectivity index (χ4v) is 1.04. The summed E-state index contributed by atoms with van der Waals surface area (Å²) in [4.78, 5) is 11.2. The molecule has 1 amide bonds. The Bertz CT molecular complexity index is 344. The molecule has 0 aliphatic rings. The number of rotatable bonds is 2. The van der Waals surface area contributed by atoms with E-state index in [9.17, 15) is 4.79 Å². The molecule has 5 heteroatoms. The molecule has 0 saturated heterocycles. The van der Waals surface area contributed by atoms with Crippen LogP contribution in [0, 0.1) is 0 Å². The molecule has 1 N–H and O–H groups in total. The molecule has 0 radical (unpaired) electrons. The van der Waals surface area contributed by atoms with Gasteiger partial charge in [-0.2, -0.15) is 0 Å². The van der Waals surface area contributed by atoms with E-state index in [0.717, 1.165) is 0 Å². The van der Waals surface area contributed by atoms with Gasteiger partial charge in [0.1, 0.15) is 10.1 Å². The maximum absolute atomic E-state index is 11.2. The molecule has 0 atom stereocenters. The lowest BCUT2D eigenvalue weighted by Crippen LogP contribution is -2.24. The second kappa shape index (κ2) is 5.62. The first-order valence-corrected chi connectivity index (χ1v) is 5.46. The molecule has 0 unspecified atom stereocenters. The molecule has 3 nitrogen and oxygen atoms in total. The number of thiocarbonyl (C=S) groups is 1. The number of carbonyl (C=O) groups excluding carboxylic acids is 1. The van der Waals surface area contributed by atoms with E-state index in [-0.39, 0.29) is 5.91 Å². The van der Waals surface area contributed by atoms with Gasteiger partial charge < -0.3 is 9.73 Å². The Morgan fingerprint density at radius 2 is 2.50 bits per heavy atom. The van der Waals surface area contributed by atoms with Gasteiger partial charge in [0.2, 0.25) is 5.91 Å². The number of nitrogens with one attached hydrogen (secondary N) is 1. The van der Waals surface area contributed by atoms with E-state index in [4.69, 9.17) is 16.6 Å². The Morgan fingerprint density at radius 1 is 1.71 bits per heavy atom. The van der Waals surface area contributed by atoms with Crippen molar-refractivity contribution in [2.75, 3.05) is 6.26 Å². The van der Waals surface area contributed by atoms with Gasteiger partial charge in [0.05, 0.1) is 6.26 Å². The van der Waals surface area contributed by atoms with Crippen LogP contribution in [-0.4, -0.2) is 16.5 Å². The van der Waals surface area contributed by atoms with Gasteiger partial charge in [-0.3, -0.25) is 4.79 Å². The van der Waals surface area contributed by atoms with Gasteiger partial charge in [0.25, 0.3) is 0 Å². The maximum atomic E-state index is 11.2. The third kappa shape index (κ3) is 3.76. The summed E-state index contributed by atoms with van der Waals surface area (Å²) < 4.78 is 5.47. The van der Waals surface area contributed by atoms with Crippen LogP contribution >= 0.6 is 24.0 Å². The van der Waals surface area contributed by atoms with Crippen LogP contribution in [0.25, 0.3) is 6.08 Å². The van der Waals surface area contributed by atoms with Crippen molar-refractivity contribution in [3.8, 4) is 0 Å². The minimum Gasteiger partial charge on any atom is -0.465 e. The highest BCUT2D eigenvalue weighted by atomic mass is 32.2. The zero-order valence-corrected chi connectivity index (χ0v) is 9.15. The average Bonchev–Trinajstić information content (AvgIpc) is 2.67. The Morgan fingerprint density at radius 3 is 3.07 bits per heavy atom. The lowest BCUT2D eigenvalue weighted by Gasteiger charge is -1.98. The van der Waals surface area contributed by atoms with E-state index in [2.05, 4.69) is 5.32 Å². The van der Waals surface area contributed by atoms with Crippen LogP contribution in [0.1, 0.15) is 5.76 Å². The molecule has 1 rings (SSSR count). The molecule has 0 aliphatic carbocycles. The van der Waals surface area contributed by atoms with Crippen molar-refractivity contribution in [1.29, 1.82) is 0 Å². The Labute approximate surface area is 91.6 Å². The summed E-state index contributed by atoms with van der Waals surface area (Å²) in [7, 11) is 0. The van der Waals surface area contributed by atoms with Crippen molar-refractivity contribution in [2.24, 2.45) is 0 Å². The largest absolute Gasteiger partial charge is 0.465 e. The number of furan rings is 1. The first-order chi connectivity index (χ1) is 6.72. The number of thioether (sulfide) groups is 1. The van der Waals surface area contributed by atoms with Crippen molar-refractivity contribution < 1.29 is 9.21 Å². The third-order valence-electron chi connectivity index (χ3n) is 1.35. The molecular weight excluding hydrogens is 218 g/mol. The Hall–Kier alpha value is -1.07. The number of hydrogen-bond acceptors (Lipinski definition) is 4. The van der Waals surface area contributed by atoms with E-state index in [1.54, 1.807) is 30.7 Å². The fourth-order valence-electron chi connectivity index (χ4n) is 0.737. The van der Waals surface area contributed by atoms with E-state index in [0.29, 0.717) is 10.1 Å². The van der Waals surface area contributed by atoms with E-state index >= 15 is 0 Å². The van der Waals surface area contributed by atoms with Gasteiger partial charge in [0.15, 0.2) is 0 Å². The van der Waals surface area contributed by atoms with Crippen molar-refractivity contribution in [3.63, 3.8) is 0 Å². The molecule has 0 aliphatic heterocycles. The molecule has 0 saturated carbocycles. The molecule has 14 heavy (non-hydrogen) atoms. The lowest BCUT2D eigenvalue weighted by molar-refractivity contribution is -0.115. The summed E-state index contributed by atoms with van der Waals surface area (Å²) >= 11 is 6.14. The van der Waals surface area contributed by atoms with Crippen LogP contribution in [-0.2, 0) is 4.79 Å². The maximum Gasteiger partial charge on any atom is 0.249 e. The van der Waals surface area contributed by atoms with Gasteiger partial charge >= 0.3 is 0 Å². The van der Waals surface area contributed by atoms with Crippen LogP contribution in [0.3, 0.4) is 0 Å². The minimum absolute atomic E-state index is 0.249. The van der Waals surface area contributed by atoms with Crippen molar-refractivity contribution in [3.05, 3.63) is 30.2 Å². The highest BCUT2D eigenvalue weighted by Crippen LogP contribution is 2.02. The smallest absolute Gasteiger partial charge is 0.249 e. The van der Waals surface area contributed by atoms with Crippen molar-refractivity contribution in [2.45, 2.75) is 0 Å². The second-order valence-corrected chi connectivity index (χ2v) is 3.81. The SMILES string of the molecule is CSC(=S)NC(=O)/C=C/c1ccco1. The second-order valence-electron chi connectivity index (χ2n) is 2.33. The monoisotopic (exact) mass is 227 g/mol. The molecule has 1 aromatic heterocycles. The zero-order valence-electron chi connectivity index (χ0n) is 7.52. The van der Waals surface area contributed by atoms with Crippen LogP contribution in [0.2, 0.25) is 0 Å². The van der Waals surface area contributed by atoms with Gasteiger partial charge in [-0.25, -0.2) is 0 Å². The molecule has 0 spiro atoms. The summed E-state index contributed by atoms with van der Waals surface area (Å²) in [5.74, 6) is 0.385. The molecule has 0 aromatic carbocycles. The first-order valence-electron chi connectivity index (χ1n) is 3.83. The quantitative estimate of drug-likeness (QED) is 0.620. The summed E-state index contributed by atoms with van der Waals surface area (Å²) in [5, 5.41) is 2.52. The van der Waals surface area contributed by atoms with E-state index in [1.807, 2.05) is 0 Å². The first kappa shape index (κ1) is 11.0. The van der Waals surface area contributed by atoms with Crippen LogP contribution in [0.4, 0.5) is 0 Å². The van der Waals surface area contributed by atoms with Gasteiger partial charge in [-0.15, -0.1) is 11.8 Å². The Balaban J connectivity index is 2.45. The highest BCUT2D eigenvalue weighted by Gasteiger charge is 1.98. The minimum atomic E-state index is -0.249. The van der Waals surface area contributed by atoms with Gasteiger partial charge in [-0.05, 0) is 24.5 Å². The van der Waals surface area contributed by atoms with Crippen molar-refractivity contribution >= 4 is 40.3 Å². The number of carbonyl (C=O) groups is 1. The van der Waals surface area contributed by atoms with Gasteiger partial charge in [-0.1, -0.05) is 12.2 Å². The van der Waals surface area contributed by atoms with Crippen LogP contribution in [0.5, 0.6) is 0 Å². The summed E-state index contributed by atoms with van der Waals surface area (Å²) in [6, 6.07) is 3.51. The molecule has 1 heterocycles. The predicted molar refractivity (Wildman–Crippen MR) is 62.0 cm³/mol. The number of amides is 1. The fraction of sp³-hybridized carbons (Fsp3) is 0.111. The normalized spacial score (nSPS) is 10.4. The molecular formula is C9H9NO2S2.